The zero-order chi connectivity index (χ0) is 23.2. The Morgan fingerprint density at radius 2 is 1.82 bits per heavy atom. The number of carbonyl (C=O) groups excluding carboxylic acids is 2. The van der Waals surface area contributed by atoms with E-state index < -0.39 is 0 Å². The van der Waals surface area contributed by atoms with E-state index in [9.17, 15) is 9.59 Å². The van der Waals surface area contributed by atoms with E-state index in [1.165, 1.54) is 19.3 Å². The minimum atomic E-state index is -0.121. The van der Waals surface area contributed by atoms with Crippen molar-refractivity contribution >= 4 is 34.4 Å². The largest absolute Gasteiger partial charge is 0.352 e. The van der Waals surface area contributed by atoms with Gasteiger partial charge in [0, 0.05) is 36.6 Å². The van der Waals surface area contributed by atoms with Gasteiger partial charge in [-0.15, -0.1) is 0 Å². The molecule has 1 fully saturated rings. The van der Waals surface area contributed by atoms with Crippen molar-refractivity contribution in [1.29, 1.82) is 0 Å². The quantitative estimate of drug-likeness (QED) is 0.483. The van der Waals surface area contributed by atoms with Gasteiger partial charge in [-0.3, -0.25) is 9.59 Å². The number of aryl methyl sites for hydroxylation is 1. The van der Waals surface area contributed by atoms with E-state index in [1.807, 2.05) is 40.8 Å². The Bertz CT molecular complexity index is 1100. The van der Waals surface area contributed by atoms with Crippen molar-refractivity contribution in [1.82, 2.24) is 19.8 Å². The van der Waals surface area contributed by atoms with Gasteiger partial charge in [0.05, 0.1) is 11.0 Å². The van der Waals surface area contributed by atoms with Gasteiger partial charge in [0.15, 0.2) is 0 Å². The van der Waals surface area contributed by atoms with Crippen molar-refractivity contribution in [2.75, 3.05) is 13.6 Å². The van der Waals surface area contributed by atoms with Crippen LogP contribution in [-0.4, -0.2) is 45.9 Å². The van der Waals surface area contributed by atoms with Gasteiger partial charge < -0.3 is 14.8 Å². The Morgan fingerprint density at radius 3 is 2.58 bits per heavy atom. The predicted molar refractivity (Wildman–Crippen MR) is 131 cm³/mol. The first-order valence-electron chi connectivity index (χ1n) is 11.8. The van der Waals surface area contributed by atoms with Gasteiger partial charge in [-0.1, -0.05) is 43.0 Å². The zero-order valence-corrected chi connectivity index (χ0v) is 19.9. The summed E-state index contributed by atoms with van der Waals surface area (Å²) in [5.74, 6) is 0.883. The first-order chi connectivity index (χ1) is 16.0. The lowest BCUT2D eigenvalue weighted by Gasteiger charge is -2.31. The number of halogens is 1. The Morgan fingerprint density at radius 1 is 1.09 bits per heavy atom. The summed E-state index contributed by atoms with van der Waals surface area (Å²) in [5.41, 5.74) is 2.46. The number of amides is 2. The third-order valence-electron chi connectivity index (χ3n) is 6.51. The summed E-state index contributed by atoms with van der Waals surface area (Å²) in [6, 6.07) is 15.1. The molecule has 174 valence electrons. The molecule has 2 amide bonds. The highest BCUT2D eigenvalue weighted by Gasteiger charge is 2.23. The van der Waals surface area contributed by atoms with Gasteiger partial charge in [-0.05, 0) is 55.7 Å². The molecule has 33 heavy (non-hydrogen) atoms. The number of likely N-dealkylation sites (N-methyl/N-ethyl adjacent to an activating group) is 1. The van der Waals surface area contributed by atoms with Crippen LogP contribution in [0, 0.1) is 0 Å². The van der Waals surface area contributed by atoms with Crippen molar-refractivity contribution in [3.63, 3.8) is 0 Å². The molecule has 1 aromatic heterocycles. The standard InChI is InChI=1S/C26H31ClN4O2/c1-30(21-8-3-2-4-9-21)25(32)18-31-23-11-6-5-10-22(23)29-24(31)12-7-17-28-26(33)19-13-15-20(27)16-14-19/h5-6,10-11,13-16,21H,2-4,7-9,12,17-18H2,1H3,(H,28,33). The summed E-state index contributed by atoms with van der Waals surface area (Å²) in [6.45, 7) is 0.820. The van der Waals surface area contributed by atoms with Gasteiger partial charge in [0.2, 0.25) is 5.91 Å². The maximum Gasteiger partial charge on any atom is 0.251 e. The molecule has 6 nitrogen and oxygen atoms in total. The second-order valence-corrected chi connectivity index (χ2v) is 9.20. The summed E-state index contributed by atoms with van der Waals surface area (Å²) in [5, 5.41) is 3.56. The van der Waals surface area contributed by atoms with Crippen LogP contribution in [0.5, 0.6) is 0 Å². The molecule has 2 aromatic carbocycles. The minimum absolute atomic E-state index is 0.121. The van der Waals surface area contributed by atoms with Crippen molar-refractivity contribution in [2.24, 2.45) is 0 Å². The minimum Gasteiger partial charge on any atom is -0.352 e. The van der Waals surface area contributed by atoms with Crippen molar-refractivity contribution in [3.8, 4) is 0 Å². The number of fused-ring (bicyclic) bond motifs is 1. The van der Waals surface area contributed by atoms with Gasteiger partial charge in [0.25, 0.3) is 5.91 Å². The lowest BCUT2D eigenvalue weighted by molar-refractivity contribution is -0.133. The highest BCUT2D eigenvalue weighted by Crippen LogP contribution is 2.23. The number of hydrogen-bond donors (Lipinski definition) is 1. The van der Waals surface area contributed by atoms with Crippen LogP contribution in [0.4, 0.5) is 0 Å². The average molecular weight is 467 g/mol. The fraction of sp³-hybridized carbons (Fsp3) is 0.423. The number of aromatic nitrogens is 2. The van der Waals surface area contributed by atoms with E-state index in [1.54, 1.807) is 24.3 Å². The lowest BCUT2D eigenvalue weighted by Crippen LogP contribution is -2.40. The molecule has 0 radical (unpaired) electrons. The van der Waals surface area contributed by atoms with Crippen LogP contribution in [0.2, 0.25) is 5.02 Å². The number of nitrogens with one attached hydrogen (secondary N) is 1. The van der Waals surface area contributed by atoms with E-state index >= 15 is 0 Å². The first-order valence-corrected chi connectivity index (χ1v) is 12.1. The molecule has 0 aliphatic heterocycles. The van der Waals surface area contributed by atoms with Crippen LogP contribution < -0.4 is 5.32 Å². The topological polar surface area (TPSA) is 67.2 Å². The molecule has 0 saturated heterocycles. The van der Waals surface area contributed by atoms with E-state index in [2.05, 4.69) is 5.32 Å². The molecule has 0 bridgehead atoms. The monoisotopic (exact) mass is 466 g/mol. The predicted octanol–water partition coefficient (Wildman–Crippen LogP) is 4.84. The van der Waals surface area contributed by atoms with Gasteiger partial charge >= 0.3 is 0 Å². The van der Waals surface area contributed by atoms with Crippen LogP contribution in [0.15, 0.2) is 48.5 Å². The molecule has 7 heteroatoms. The van der Waals surface area contributed by atoms with Crippen molar-refractivity contribution in [3.05, 3.63) is 64.9 Å². The summed E-state index contributed by atoms with van der Waals surface area (Å²) >= 11 is 5.89. The smallest absolute Gasteiger partial charge is 0.251 e. The summed E-state index contributed by atoms with van der Waals surface area (Å²) in [4.78, 5) is 32.2. The Balaban J connectivity index is 1.40. The Hall–Kier alpha value is -2.86. The maximum atomic E-state index is 13.1. The number of carbonyl (C=O) groups is 2. The van der Waals surface area contributed by atoms with Crippen molar-refractivity contribution < 1.29 is 9.59 Å². The number of nitrogens with zero attached hydrogens (tertiary/aromatic N) is 3. The van der Waals surface area contributed by atoms with Crippen LogP contribution in [0.1, 0.15) is 54.7 Å². The molecular formula is C26H31ClN4O2. The molecule has 0 unspecified atom stereocenters. The molecule has 1 aliphatic carbocycles. The molecular weight excluding hydrogens is 436 g/mol. The zero-order valence-electron chi connectivity index (χ0n) is 19.1. The molecule has 1 N–H and O–H groups in total. The van der Waals surface area contributed by atoms with Crippen molar-refractivity contribution in [2.45, 2.75) is 57.5 Å². The number of hydrogen-bond acceptors (Lipinski definition) is 3. The van der Waals surface area contributed by atoms with E-state index in [-0.39, 0.29) is 11.8 Å². The molecule has 1 aliphatic rings. The summed E-state index contributed by atoms with van der Waals surface area (Å²) in [6.07, 6.45) is 7.25. The molecule has 4 rings (SSSR count). The van der Waals surface area contributed by atoms with Gasteiger partial charge in [-0.25, -0.2) is 4.98 Å². The average Bonchev–Trinajstić information content (AvgIpc) is 3.19. The fourth-order valence-electron chi connectivity index (χ4n) is 4.56. The Kier molecular flexibility index (Phi) is 7.65. The normalized spacial score (nSPS) is 14.4. The van der Waals surface area contributed by atoms with Crippen LogP contribution >= 0.6 is 11.6 Å². The number of para-hydroxylation sites is 2. The number of rotatable bonds is 8. The molecule has 3 aromatic rings. The molecule has 0 spiro atoms. The SMILES string of the molecule is CN(C(=O)Cn1c(CCCNC(=O)c2ccc(Cl)cc2)nc2ccccc21)C1CCCCC1. The molecule has 1 saturated carbocycles. The third kappa shape index (κ3) is 5.74. The third-order valence-corrected chi connectivity index (χ3v) is 6.76. The first kappa shape index (κ1) is 23.3. The fourth-order valence-corrected chi connectivity index (χ4v) is 4.69. The number of benzene rings is 2. The highest BCUT2D eigenvalue weighted by molar-refractivity contribution is 6.30. The van der Waals surface area contributed by atoms with E-state index in [0.717, 1.165) is 36.1 Å². The lowest BCUT2D eigenvalue weighted by atomic mass is 9.94. The van der Waals surface area contributed by atoms with Gasteiger partial charge in [0.1, 0.15) is 12.4 Å². The molecule has 1 heterocycles. The second kappa shape index (κ2) is 10.8. The van der Waals surface area contributed by atoms with E-state index in [0.29, 0.717) is 36.1 Å². The maximum absolute atomic E-state index is 13.1. The number of imidazole rings is 1. The Labute approximate surface area is 199 Å². The van der Waals surface area contributed by atoms with Crippen LogP contribution in [0.25, 0.3) is 11.0 Å². The van der Waals surface area contributed by atoms with Crippen LogP contribution in [-0.2, 0) is 17.8 Å². The van der Waals surface area contributed by atoms with Crippen LogP contribution in [0.3, 0.4) is 0 Å². The molecule has 0 atom stereocenters. The highest BCUT2D eigenvalue weighted by atomic mass is 35.5. The second-order valence-electron chi connectivity index (χ2n) is 8.77. The summed E-state index contributed by atoms with van der Waals surface area (Å²) in [7, 11) is 1.93. The summed E-state index contributed by atoms with van der Waals surface area (Å²) < 4.78 is 2.04. The van der Waals surface area contributed by atoms with Gasteiger partial charge in [-0.2, -0.15) is 0 Å². The van der Waals surface area contributed by atoms with E-state index in [4.69, 9.17) is 16.6 Å².